The molecule has 0 spiro atoms. The van der Waals surface area contributed by atoms with E-state index in [1.807, 2.05) is 0 Å². The second-order valence-corrected chi connectivity index (χ2v) is 6.38. The molecule has 24 heavy (non-hydrogen) atoms. The molecule has 0 saturated carbocycles. The van der Waals surface area contributed by atoms with Gasteiger partial charge in [-0.3, -0.25) is 4.79 Å². The molecular formula is C21H20N2O. The van der Waals surface area contributed by atoms with E-state index in [4.69, 9.17) is 0 Å². The molecule has 0 radical (unpaired) electrons. The molecule has 1 aliphatic rings. The molecule has 0 unspecified atom stereocenters. The number of aromatic nitrogens is 1. The summed E-state index contributed by atoms with van der Waals surface area (Å²) in [4.78, 5) is 11.7. The zero-order chi connectivity index (χ0) is 16.5. The minimum absolute atomic E-state index is 0.00613. The Morgan fingerprint density at radius 3 is 2.67 bits per heavy atom. The molecule has 3 nitrogen and oxygen atoms in total. The predicted molar refractivity (Wildman–Crippen MR) is 97.8 cm³/mol. The van der Waals surface area contributed by atoms with Gasteiger partial charge in [0.1, 0.15) is 0 Å². The van der Waals surface area contributed by atoms with Gasteiger partial charge in [-0.15, -0.1) is 0 Å². The molecule has 2 heterocycles. The number of hydrogen-bond donors (Lipinski definition) is 1. The van der Waals surface area contributed by atoms with Gasteiger partial charge in [0.15, 0.2) is 0 Å². The van der Waals surface area contributed by atoms with E-state index in [1.54, 1.807) is 6.08 Å². The van der Waals surface area contributed by atoms with E-state index < -0.39 is 0 Å². The van der Waals surface area contributed by atoms with Gasteiger partial charge in [0.2, 0.25) is 5.91 Å². The van der Waals surface area contributed by atoms with Crippen LogP contribution in [0.15, 0.2) is 60.8 Å². The molecule has 120 valence electrons. The van der Waals surface area contributed by atoms with Crippen LogP contribution in [-0.4, -0.2) is 17.0 Å². The average molecular weight is 316 g/mol. The normalized spacial score (nSPS) is 14.5. The zero-order valence-electron chi connectivity index (χ0n) is 13.8. The van der Waals surface area contributed by atoms with Gasteiger partial charge in [0.25, 0.3) is 0 Å². The summed E-state index contributed by atoms with van der Waals surface area (Å²) in [7, 11) is 0. The summed E-state index contributed by atoms with van der Waals surface area (Å²) in [6, 6.07) is 17.1. The van der Waals surface area contributed by atoms with Crippen LogP contribution < -0.4 is 5.32 Å². The first-order valence-electron chi connectivity index (χ1n) is 8.33. The lowest BCUT2D eigenvalue weighted by atomic mass is 9.99. The van der Waals surface area contributed by atoms with Crippen molar-refractivity contribution in [1.82, 2.24) is 9.88 Å². The quantitative estimate of drug-likeness (QED) is 0.781. The smallest absolute Gasteiger partial charge is 0.244 e. The van der Waals surface area contributed by atoms with E-state index in [9.17, 15) is 4.79 Å². The highest BCUT2D eigenvalue weighted by atomic mass is 16.1. The molecule has 2 aromatic carbocycles. The van der Waals surface area contributed by atoms with Gasteiger partial charge < -0.3 is 9.88 Å². The summed E-state index contributed by atoms with van der Waals surface area (Å²) in [6.45, 7) is 3.65. The number of nitrogens with zero attached hydrogens (tertiary/aromatic N) is 1. The van der Waals surface area contributed by atoms with E-state index in [0.717, 1.165) is 18.5 Å². The summed E-state index contributed by atoms with van der Waals surface area (Å²) in [5.74, 6) is 0.00613. The number of nitrogens with one attached hydrogen (secondary N) is 1. The predicted octanol–water partition coefficient (Wildman–Crippen LogP) is 3.90. The monoisotopic (exact) mass is 316 g/mol. The maximum absolute atomic E-state index is 11.7. The first-order valence-corrected chi connectivity index (χ1v) is 8.33. The van der Waals surface area contributed by atoms with Crippen LogP contribution >= 0.6 is 0 Å². The summed E-state index contributed by atoms with van der Waals surface area (Å²) >= 11 is 0. The Morgan fingerprint density at radius 1 is 1.08 bits per heavy atom. The number of rotatable bonds is 3. The first kappa shape index (κ1) is 14.8. The fourth-order valence-electron chi connectivity index (χ4n) is 3.34. The van der Waals surface area contributed by atoms with E-state index in [1.165, 1.54) is 27.6 Å². The minimum atomic E-state index is 0.00613. The standard InChI is InChI=1S/C21H20N2O/c1-15-6-8-16(9-7-15)13-23-14-19(17-10-11-22-21(24)12-17)18-4-2-3-5-20(18)23/h2-9,12,14H,10-11,13H2,1H3,(H,22,24). The van der Waals surface area contributed by atoms with Crippen molar-refractivity contribution >= 4 is 22.4 Å². The third-order valence-corrected chi connectivity index (χ3v) is 4.61. The van der Waals surface area contributed by atoms with Crippen LogP contribution in [-0.2, 0) is 11.3 Å². The number of carbonyl (C=O) groups excluding carboxylic acids is 1. The van der Waals surface area contributed by atoms with Gasteiger partial charge in [0.05, 0.1) is 0 Å². The Bertz CT molecular complexity index is 932. The van der Waals surface area contributed by atoms with E-state index >= 15 is 0 Å². The van der Waals surface area contributed by atoms with Crippen LogP contribution in [0.25, 0.3) is 16.5 Å². The van der Waals surface area contributed by atoms with Crippen molar-refractivity contribution < 1.29 is 4.79 Å². The Balaban J connectivity index is 1.79. The molecule has 1 N–H and O–H groups in total. The second-order valence-electron chi connectivity index (χ2n) is 6.38. The molecule has 1 aliphatic heterocycles. The second kappa shape index (κ2) is 6.00. The summed E-state index contributed by atoms with van der Waals surface area (Å²) in [5.41, 5.74) is 6.06. The Hall–Kier alpha value is -2.81. The lowest BCUT2D eigenvalue weighted by Gasteiger charge is -2.13. The molecule has 3 aromatic rings. The largest absolute Gasteiger partial charge is 0.352 e. The topological polar surface area (TPSA) is 34.0 Å². The number of fused-ring (bicyclic) bond motifs is 1. The van der Waals surface area contributed by atoms with Crippen LogP contribution in [0.3, 0.4) is 0 Å². The van der Waals surface area contributed by atoms with Crippen LogP contribution in [0.1, 0.15) is 23.1 Å². The van der Waals surface area contributed by atoms with Crippen molar-refractivity contribution in [2.24, 2.45) is 0 Å². The van der Waals surface area contributed by atoms with E-state index in [-0.39, 0.29) is 5.91 Å². The maximum Gasteiger partial charge on any atom is 0.244 e. The van der Waals surface area contributed by atoms with Gasteiger partial charge >= 0.3 is 0 Å². The average Bonchev–Trinajstić information content (AvgIpc) is 2.96. The highest BCUT2D eigenvalue weighted by Gasteiger charge is 2.16. The summed E-state index contributed by atoms with van der Waals surface area (Å²) in [6.07, 6.45) is 4.81. The minimum Gasteiger partial charge on any atom is -0.352 e. The molecule has 1 aromatic heterocycles. The molecule has 3 heteroatoms. The molecule has 4 rings (SSSR count). The van der Waals surface area contributed by atoms with E-state index in [2.05, 4.69) is 71.5 Å². The lowest BCUT2D eigenvalue weighted by molar-refractivity contribution is -0.116. The van der Waals surface area contributed by atoms with Gasteiger partial charge in [-0.1, -0.05) is 48.0 Å². The third-order valence-electron chi connectivity index (χ3n) is 4.61. The molecule has 0 aliphatic carbocycles. The number of benzene rings is 2. The summed E-state index contributed by atoms with van der Waals surface area (Å²) in [5, 5.41) is 4.07. The third kappa shape index (κ3) is 2.73. The molecule has 1 amide bonds. The van der Waals surface area contributed by atoms with Crippen molar-refractivity contribution in [3.63, 3.8) is 0 Å². The lowest BCUT2D eigenvalue weighted by Crippen LogP contribution is -2.26. The van der Waals surface area contributed by atoms with Crippen LogP contribution in [0.4, 0.5) is 0 Å². The van der Waals surface area contributed by atoms with Crippen LogP contribution in [0.5, 0.6) is 0 Å². The number of aryl methyl sites for hydroxylation is 1. The van der Waals surface area contributed by atoms with Crippen molar-refractivity contribution in [3.05, 3.63) is 77.5 Å². The molecule has 0 bridgehead atoms. The maximum atomic E-state index is 11.7. The van der Waals surface area contributed by atoms with Gasteiger partial charge in [-0.2, -0.15) is 0 Å². The van der Waals surface area contributed by atoms with Crippen LogP contribution in [0, 0.1) is 6.92 Å². The molecular weight excluding hydrogens is 296 g/mol. The molecule has 0 atom stereocenters. The Morgan fingerprint density at radius 2 is 1.88 bits per heavy atom. The first-order chi connectivity index (χ1) is 11.7. The highest BCUT2D eigenvalue weighted by molar-refractivity contribution is 6.02. The summed E-state index contributed by atoms with van der Waals surface area (Å²) < 4.78 is 2.28. The number of para-hydroxylation sites is 1. The fraction of sp³-hybridized carbons (Fsp3) is 0.190. The number of amides is 1. The zero-order valence-corrected chi connectivity index (χ0v) is 13.8. The molecule has 0 fully saturated rings. The Kier molecular flexibility index (Phi) is 3.69. The number of carbonyl (C=O) groups is 1. The van der Waals surface area contributed by atoms with E-state index in [0.29, 0.717) is 6.54 Å². The van der Waals surface area contributed by atoms with Crippen molar-refractivity contribution in [2.45, 2.75) is 19.9 Å². The SMILES string of the molecule is Cc1ccc(Cn2cc(C3=CC(=O)NCC3)c3ccccc32)cc1. The van der Waals surface area contributed by atoms with Gasteiger partial charge in [-0.25, -0.2) is 0 Å². The highest BCUT2D eigenvalue weighted by Crippen LogP contribution is 2.30. The Labute approximate surface area is 141 Å². The van der Waals surface area contributed by atoms with Gasteiger partial charge in [0, 0.05) is 41.8 Å². The number of hydrogen-bond acceptors (Lipinski definition) is 1. The van der Waals surface area contributed by atoms with Crippen molar-refractivity contribution in [3.8, 4) is 0 Å². The van der Waals surface area contributed by atoms with Crippen LogP contribution in [0.2, 0.25) is 0 Å². The van der Waals surface area contributed by atoms with Crippen molar-refractivity contribution in [2.75, 3.05) is 6.54 Å². The molecule has 0 saturated heterocycles. The van der Waals surface area contributed by atoms with Crippen molar-refractivity contribution in [1.29, 1.82) is 0 Å². The van der Waals surface area contributed by atoms with Gasteiger partial charge in [-0.05, 0) is 30.5 Å². The fourth-order valence-corrected chi connectivity index (χ4v) is 3.34.